The number of carbonyl (C=O) groups is 1. The van der Waals surface area contributed by atoms with Crippen LogP contribution in [-0.2, 0) is 11.3 Å². The highest BCUT2D eigenvalue weighted by Gasteiger charge is 2.28. The van der Waals surface area contributed by atoms with Gasteiger partial charge in [-0.15, -0.1) is 0 Å². The number of primary amides is 1. The van der Waals surface area contributed by atoms with Gasteiger partial charge in [-0.05, 0) is 26.0 Å². The first-order valence-electron chi connectivity index (χ1n) is 8.31. The molecule has 0 unspecified atom stereocenters. The van der Waals surface area contributed by atoms with Crippen molar-refractivity contribution in [3.8, 4) is 0 Å². The summed E-state index contributed by atoms with van der Waals surface area (Å²) in [5, 5.41) is 14.6. The predicted molar refractivity (Wildman–Crippen MR) is 91.4 cm³/mol. The van der Waals surface area contributed by atoms with E-state index in [9.17, 15) is 9.90 Å². The Hall–Kier alpha value is -2.19. The lowest BCUT2D eigenvalue weighted by Crippen LogP contribution is -2.47. The lowest BCUT2D eigenvalue weighted by molar-refractivity contribution is -0.120. The summed E-state index contributed by atoms with van der Waals surface area (Å²) in [6, 6.07) is 2.00. The fourth-order valence-electron chi connectivity index (χ4n) is 3.33. The number of nitrogens with one attached hydrogen (secondary N) is 1. The highest BCUT2D eigenvalue weighted by Crippen LogP contribution is 2.24. The third-order valence-electron chi connectivity index (χ3n) is 4.52. The number of hydrogen-bond acceptors (Lipinski definition) is 6. The maximum atomic E-state index is 11.0. The van der Waals surface area contributed by atoms with Gasteiger partial charge in [-0.2, -0.15) is 0 Å². The molecule has 2 aromatic heterocycles. The molecule has 1 aliphatic rings. The van der Waals surface area contributed by atoms with Crippen molar-refractivity contribution in [3.05, 3.63) is 18.6 Å². The second-order valence-corrected chi connectivity index (χ2v) is 6.28. The van der Waals surface area contributed by atoms with Gasteiger partial charge in [0.25, 0.3) is 0 Å². The molecule has 2 aromatic rings. The van der Waals surface area contributed by atoms with Crippen molar-refractivity contribution in [3.63, 3.8) is 0 Å². The third kappa shape index (κ3) is 3.49. The first-order chi connectivity index (χ1) is 11.6. The van der Waals surface area contributed by atoms with E-state index in [1.165, 1.54) is 0 Å². The first kappa shape index (κ1) is 16.7. The van der Waals surface area contributed by atoms with Crippen molar-refractivity contribution < 1.29 is 9.90 Å². The quantitative estimate of drug-likeness (QED) is 0.689. The van der Waals surface area contributed by atoms with Crippen molar-refractivity contribution >= 4 is 22.8 Å². The SMILES string of the molecule is CCNc1ncnc2c1ccn2C[C@@H]1CCN(CC(N)=O)C[C@H]1O. The lowest BCUT2D eigenvalue weighted by Gasteiger charge is -2.35. The number of rotatable bonds is 6. The molecule has 0 aromatic carbocycles. The highest BCUT2D eigenvalue weighted by atomic mass is 16.3. The van der Waals surface area contributed by atoms with E-state index >= 15 is 0 Å². The van der Waals surface area contributed by atoms with Crippen molar-refractivity contribution in [2.24, 2.45) is 11.7 Å². The number of nitrogens with two attached hydrogens (primary N) is 1. The number of aliphatic hydroxyl groups is 1. The van der Waals surface area contributed by atoms with Gasteiger partial charge in [-0.25, -0.2) is 9.97 Å². The Kier molecular flexibility index (Phi) is 4.96. The van der Waals surface area contributed by atoms with E-state index in [0.717, 1.165) is 36.4 Å². The number of β-amino-alcohol motifs (C(OH)–C–C–N with tert-alkyl or cyclic N) is 1. The van der Waals surface area contributed by atoms with Crippen LogP contribution in [-0.4, -0.2) is 62.7 Å². The van der Waals surface area contributed by atoms with Crippen molar-refractivity contribution in [1.82, 2.24) is 19.4 Å². The number of amides is 1. The normalized spacial score (nSPS) is 21.9. The van der Waals surface area contributed by atoms with E-state index in [2.05, 4.69) is 19.9 Å². The zero-order chi connectivity index (χ0) is 17.1. The average molecular weight is 332 g/mol. The molecule has 2 atom stereocenters. The monoisotopic (exact) mass is 332 g/mol. The Morgan fingerprint density at radius 2 is 2.33 bits per heavy atom. The van der Waals surface area contributed by atoms with Gasteiger partial charge >= 0.3 is 0 Å². The molecular formula is C16H24N6O2. The minimum atomic E-state index is -0.481. The molecule has 130 valence electrons. The molecule has 8 nitrogen and oxygen atoms in total. The molecule has 0 spiro atoms. The van der Waals surface area contributed by atoms with Crippen LogP contribution in [0, 0.1) is 5.92 Å². The Bertz CT molecular complexity index is 716. The second-order valence-electron chi connectivity index (χ2n) is 6.28. The molecule has 4 N–H and O–H groups in total. The van der Waals surface area contributed by atoms with Crippen LogP contribution in [0.1, 0.15) is 13.3 Å². The number of fused-ring (bicyclic) bond motifs is 1. The fourth-order valence-corrected chi connectivity index (χ4v) is 3.33. The average Bonchev–Trinajstić information content (AvgIpc) is 2.94. The standard InChI is InChI=1S/C16H24N6O2/c1-2-18-15-12-4-6-22(16(12)20-10-19-15)7-11-3-5-21(8-13(11)23)9-14(17)24/h4,6,10-11,13,23H,2-3,5,7-9H2,1H3,(H2,17,24)(H,18,19,20)/t11-,13+/m0/s1. The summed E-state index contributed by atoms with van der Waals surface area (Å²) >= 11 is 0. The van der Waals surface area contributed by atoms with E-state index in [0.29, 0.717) is 13.1 Å². The van der Waals surface area contributed by atoms with Gasteiger partial charge < -0.3 is 20.7 Å². The Labute approximate surface area is 140 Å². The first-order valence-corrected chi connectivity index (χ1v) is 8.31. The lowest BCUT2D eigenvalue weighted by atomic mass is 9.93. The molecule has 0 aliphatic carbocycles. The van der Waals surface area contributed by atoms with E-state index < -0.39 is 6.10 Å². The number of anilines is 1. The molecule has 3 rings (SSSR count). The summed E-state index contributed by atoms with van der Waals surface area (Å²) in [7, 11) is 0. The number of likely N-dealkylation sites (tertiary alicyclic amines) is 1. The summed E-state index contributed by atoms with van der Waals surface area (Å²) in [6.07, 6.45) is 3.88. The zero-order valence-corrected chi connectivity index (χ0v) is 13.9. The molecule has 1 amide bonds. The van der Waals surface area contributed by atoms with Gasteiger partial charge in [-0.3, -0.25) is 9.69 Å². The maximum Gasteiger partial charge on any atom is 0.231 e. The van der Waals surface area contributed by atoms with Crippen LogP contribution in [0.25, 0.3) is 11.0 Å². The molecule has 0 radical (unpaired) electrons. The van der Waals surface area contributed by atoms with Crippen LogP contribution in [0.2, 0.25) is 0 Å². The summed E-state index contributed by atoms with van der Waals surface area (Å²) in [5.74, 6) is 0.602. The number of nitrogens with zero attached hydrogens (tertiary/aromatic N) is 4. The molecule has 8 heteroatoms. The number of hydrogen-bond donors (Lipinski definition) is 3. The van der Waals surface area contributed by atoms with Gasteiger partial charge in [0.2, 0.25) is 5.91 Å². The van der Waals surface area contributed by atoms with E-state index in [1.54, 1.807) is 6.33 Å². The molecule has 24 heavy (non-hydrogen) atoms. The van der Waals surface area contributed by atoms with Crippen LogP contribution in [0.3, 0.4) is 0 Å². The summed E-state index contributed by atoms with van der Waals surface area (Å²) in [5.41, 5.74) is 6.10. The van der Waals surface area contributed by atoms with E-state index in [1.807, 2.05) is 24.1 Å². The van der Waals surface area contributed by atoms with Crippen molar-refractivity contribution in [2.45, 2.75) is 26.0 Å². The predicted octanol–water partition coefficient (Wildman–Crippen LogP) is 0.0312. The third-order valence-corrected chi connectivity index (χ3v) is 4.52. The van der Waals surface area contributed by atoms with E-state index in [-0.39, 0.29) is 18.4 Å². The van der Waals surface area contributed by atoms with Crippen molar-refractivity contribution in [2.75, 3.05) is 31.5 Å². The largest absolute Gasteiger partial charge is 0.391 e. The molecule has 1 saturated heterocycles. The minimum Gasteiger partial charge on any atom is -0.391 e. The molecule has 1 fully saturated rings. The molecule has 0 saturated carbocycles. The van der Waals surface area contributed by atoms with Crippen LogP contribution >= 0.6 is 0 Å². The summed E-state index contributed by atoms with van der Waals surface area (Å²) < 4.78 is 2.06. The van der Waals surface area contributed by atoms with Crippen LogP contribution in [0.4, 0.5) is 5.82 Å². The number of aliphatic hydroxyl groups excluding tert-OH is 1. The Morgan fingerprint density at radius 1 is 1.50 bits per heavy atom. The van der Waals surface area contributed by atoms with E-state index in [4.69, 9.17) is 5.73 Å². The Morgan fingerprint density at radius 3 is 3.04 bits per heavy atom. The summed E-state index contributed by atoms with van der Waals surface area (Å²) in [4.78, 5) is 21.6. The Balaban J connectivity index is 1.72. The smallest absolute Gasteiger partial charge is 0.231 e. The van der Waals surface area contributed by atoms with Gasteiger partial charge in [0.15, 0.2) is 0 Å². The molecule has 1 aliphatic heterocycles. The maximum absolute atomic E-state index is 11.0. The number of aromatic nitrogens is 3. The van der Waals surface area contributed by atoms with Gasteiger partial charge in [0.1, 0.15) is 17.8 Å². The zero-order valence-electron chi connectivity index (χ0n) is 13.9. The minimum absolute atomic E-state index is 0.127. The topological polar surface area (TPSA) is 109 Å². The van der Waals surface area contributed by atoms with Gasteiger partial charge in [0, 0.05) is 31.7 Å². The van der Waals surface area contributed by atoms with Crippen LogP contribution in [0.15, 0.2) is 18.6 Å². The molecule has 3 heterocycles. The second kappa shape index (κ2) is 7.14. The molecule has 0 bridgehead atoms. The van der Waals surface area contributed by atoms with Gasteiger partial charge in [-0.1, -0.05) is 0 Å². The van der Waals surface area contributed by atoms with Crippen molar-refractivity contribution in [1.29, 1.82) is 0 Å². The summed E-state index contributed by atoms with van der Waals surface area (Å²) in [6.45, 7) is 4.97. The number of carbonyl (C=O) groups excluding carboxylic acids is 1. The molecular weight excluding hydrogens is 308 g/mol. The van der Waals surface area contributed by atoms with Crippen LogP contribution in [0.5, 0.6) is 0 Å². The highest BCUT2D eigenvalue weighted by molar-refractivity contribution is 5.87. The number of piperidine rings is 1. The fraction of sp³-hybridized carbons (Fsp3) is 0.562. The van der Waals surface area contributed by atoms with Gasteiger partial charge in [0.05, 0.1) is 18.0 Å². The van der Waals surface area contributed by atoms with Crippen LogP contribution < -0.4 is 11.1 Å².